The molecule has 656 valence electrons. The van der Waals surface area contributed by atoms with Crippen molar-refractivity contribution < 1.29 is 8.83 Å². The van der Waals surface area contributed by atoms with Crippen LogP contribution < -0.4 is 0 Å². The van der Waals surface area contributed by atoms with E-state index in [0.29, 0.717) is 0 Å². The summed E-state index contributed by atoms with van der Waals surface area (Å²) >= 11 is 1.86. The highest BCUT2D eigenvalue weighted by molar-refractivity contribution is 7.25. The molecule has 0 amide bonds. The van der Waals surface area contributed by atoms with Gasteiger partial charge in [-0.1, -0.05) is 451 Å². The lowest BCUT2D eigenvalue weighted by Crippen LogP contribution is -2.25. The molecule has 6 aliphatic rings. The first-order valence-corrected chi connectivity index (χ1v) is 47.2. The molecule has 5 nitrogen and oxygen atoms in total. The minimum atomic E-state index is -0.180. The third-order valence-electron chi connectivity index (χ3n) is 25.2. The third-order valence-corrected chi connectivity index (χ3v) is 26.4. The number of nitrogens with zero attached hydrogens (tertiary/aromatic N) is 3. The van der Waals surface area contributed by atoms with Gasteiger partial charge in [-0.15, -0.1) is 11.3 Å². The molecule has 6 heteroatoms. The van der Waals surface area contributed by atoms with Crippen molar-refractivity contribution in [2.75, 3.05) is 63.4 Å². The smallest absolute Gasteiger partial charge is 0.135 e. The summed E-state index contributed by atoms with van der Waals surface area (Å²) in [5.74, 6) is 0. The average molecular weight is 1760 g/mol. The molecule has 134 heavy (non-hydrogen) atoms. The standard InChI is InChI=1S/3C25H16.2C12H8O.C12H8S.C6H6.3C3H9N.C2H6/c3*1-5-13-21-17(9-1)18-10-2-6-14-22(18)25(21)23-15-7-3-11-19(23)20-12-4-8-16-24(20)25;3*1-3-7-11-9(5-1)10-6-2-4-8-12(10)13-11;1-2-4-6-5-3-1;3*1-4(2)3;1-2/h3*1-16H;3*1-8H;1-6H;3*1-3H3;1-2H3. The lowest BCUT2D eigenvalue weighted by molar-refractivity contribution is 0.505. The predicted molar refractivity (Wildman–Crippen MR) is 572 cm³/mol. The van der Waals surface area contributed by atoms with E-state index in [0.717, 1.165) is 22.3 Å². The zero-order valence-corrected chi connectivity index (χ0v) is 78.9. The number of furan rings is 2. The maximum absolute atomic E-state index is 5.65. The van der Waals surface area contributed by atoms with Crippen molar-refractivity contribution in [2.45, 2.75) is 30.1 Å². The summed E-state index contributed by atoms with van der Waals surface area (Å²) < 4.78 is 14.1. The molecule has 28 rings (SSSR count). The first kappa shape index (κ1) is 89.5. The largest absolute Gasteiger partial charge is 0.456 e. The fourth-order valence-electron chi connectivity index (χ4n) is 20.6. The van der Waals surface area contributed by atoms with Gasteiger partial charge < -0.3 is 23.5 Å². The molecule has 0 unspecified atom stereocenters. The van der Waals surface area contributed by atoms with Crippen LogP contribution in [0.1, 0.15) is 80.6 Å². The fraction of sp³-hybridized carbons (Fsp3) is 0.109. The molecule has 0 atom stereocenters. The molecule has 0 aliphatic heterocycles. The Hall–Kier alpha value is -15.1. The van der Waals surface area contributed by atoms with Crippen LogP contribution in [0.15, 0.2) is 482 Å². The highest BCUT2D eigenvalue weighted by Gasteiger charge is 2.54. The number of thiophene rings is 1. The molecule has 6 aliphatic carbocycles. The van der Waals surface area contributed by atoms with Gasteiger partial charge in [0.25, 0.3) is 0 Å². The summed E-state index contributed by atoms with van der Waals surface area (Å²) in [7, 11) is 18.0. The van der Waals surface area contributed by atoms with E-state index in [1.807, 2.05) is 213 Å². The number of fused-ring (bicyclic) bond motifs is 39. The molecule has 0 saturated heterocycles. The van der Waals surface area contributed by atoms with Crippen LogP contribution in [0.25, 0.3) is 131 Å². The number of hydrogen-bond acceptors (Lipinski definition) is 6. The van der Waals surface area contributed by atoms with Gasteiger partial charge >= 0.3 is 0 Å². The Balaban J connectivity index is 0.000000105. The van der Waals surface area contributed by atoms with Crippen LogP contribution in [0.2, 0.25) is 0 Å². The Morgan fingerprint density at radius 2 is 0.269 bits per heavy atom. The van der Waals surface area contributed by atoms with Crippen LogP contribution in [-0.2, 0) is 16.2 Å². The Morgan fingerprint density at radius 1 is 0.149 bits per heavy atom. The van der Waals surface area contributed by atoms with Gasteiger partial charge in [0.15, 0.2) is 0 Å². The van der Waals surface area contributed by atoms with Crippen molar-refractivity contribution in [1.82, 2.24) is 14.7 Å². The summed E-state index contributed by atoms with van der Waals surface area (Å²) in [6, 6.07) is 169. The van der Waals surface area contributed by atoms with Crippen molar-refractivity contribution in [3.8, 4) is 66.8 Å². The normalized spacial score (nSPS) is 12.7. The van der Waals surface area contributed by atoms with Crippen LogP contribution in [0.3, 0.4) is 0 Å². The summed E-state index contributed by atoms with van der Waals surface area (Å²) in [5.41, 5.74) is 36.6. The van der Waals surface area contributed by atoms with Gasteiger partial charge in [0.05, 0.1) is 16.2 Å². The van der Waals surface area contributed by atoms with Gasteiger partial charge in [-0.2, -0.15) is 0 Å². The monoisotopic (exact) mass is 1750 g/mol. The van der Waals surface area contributed by atoms with Crippen LogP contribution >= 0.6 is 11.3 Å². The highest BCUT2D eigenvalue weighted by atomic mass is 32.1. The lowest BCUT2D eigenvalue weighted by Gasteiger charge is -2.30. The van der Waals surface area contributed by atoms with E-state index in [-0.39, 0.29) is 16.2 Å². The second kappa shape index (κ2) is 39.9. The first-order chi connectivity index (χ1) is 65.8. The van der Waals surface area contributed by atoms with E-state index >= 15 is 0 Å². The quantitative estimate of drug-likeness (QED) is 0.151. The second-order valence-corrected chi connectivity index (χ2v) is 36.3. The average Bonchev–Trinajstić information content (AvgIpc) is 1.52. The molecule has 0 fully saturated rings. The van der Waals surface area contributed by atoms with Crippen LogP contribution in [0, 0.1) is 0 Å². The summed E-state index contributed by atoms with van der Waals surface area (Å²) in [4.78, 5) is 6.00. The van der Waals surface area contributed by atoms with Crippen molar-refractivity contribution in [3.05, 3.63) is 540 Å². The summed E-state index contributed by atoms with van der Waals surface area (Å²) in [5, 5.41) is 7.53. The van der Waals surface area contributed by atoms with Crippen LogP contribution in [0.5, 0.6) is 0 Å². The van der Waals surface area contributed by atoms with Gasteiger partial charge in [-0.25, -0.2) is 0 Å². The molecule has 3 heterocycles. The predicted octanol–water partition coefficient (Wildman–Crippen LogP) is 32.6. The highest BCUT2D eigenvalue weighted by Crippen LogP contribution is 2.66. The zero-order valence-electron chi connectivity index (χ0n) is 78.1. The molecule has 0 bridgehead atoms. The Morgan fingerprint density at radius 3 is 0.425 bits per heavy atom. The molecule has 3 aromatic heterocycles. The maximum Gasteiger partial charge on any atom is 0.135 e. The van der Waals surface area contributed by atoms with Crippen molar-refractivity contribution >= 4 is 75.4 Å². The molecular weight excluding hydrogens is 1640 g/mol. The minimum absolute atomic E-state index is 0.180. The molecule has 0 saturated carbocycles. The number of benzene rings is 19. The second-order valence-electron chi connectivity index (χ2n) is 35.3. The van der Waals surface area contributed by atoms with Gasteiger partial charge in [0.2, 0.25) is 0 Å². The topological polar surface area (TPSA) is 36.0 Å². The van der Waals surface area contributed by atoms with E-state index in [4.69, 9.17) is 8.83 Å². The van der Waals surface area contributed by atoms with E-state index in [2.05, 4.69) is 364 Å². The molecule has 0 radical (unpaired) electrons. The SMILES string of the molecule is CC.CN(C)C.CN(C)C.CN(C)C.c1ccc2c(c1)-c1ccccc1C21c2ccccc2-c2ccccc21.c1ccc2c(c1)-c1ccccc1C21c2ccccc2-c2ccccc21.c1ccc2c(c1)-c1ccccc1C21c2ccccc2-c2ccccc21.c1ccc2c(c1)oc1ccccc12.c1ccc2c(c1)oc1ccccc12.c1ccc2c(c1)sc1ccccc12.c1ccccc1. The summed E-state index contributed by atoms with van der Waals surface area (Å²) in [6.45, 7) is 4.00. The van der Waals surface area contributed by atoms with Crippen molar-refractivity contribution in [3.63, 3.8) is 0 Å². The molecule has 19 aromatic carbocycles. The van der Waals surface area contributed by atoms with Crippen molar-refractivity contribution in [2.24, 2.45) is 0 Å². The van der Waals surface area contributed by atoms with Gasteiger partial charge in [0.1, 0.15) is 22.3 Å². The number of rotatable bonds is 0. The Bertz CT molecular complexity index is 6400. The third kappa shape index (κ3) is 16.5. The van der Waals surface area contributed by atoms with E-state index in [9.17, 15) is 0 Å². The molecule has 22 aromatic rings. The lowest BCUT2D eigenvalue weighted by atomic mass is 9.70. The Labute approximate surface area is 793 Å². The zero-order chi connectivity index (χ0) is 92.3. The summed E-state index contributed by atoms with van der Waals surface area (Å²) in [6.07, 6.45) is 0. The van der Waals surface area contributed by atoms with Crippen molar-refractivity contribution in [1.29, 1.82) is 0 Å². The van der Waals surface area contributed by atoms with Gasteiger partial charge in [-0.3, -0.25) is 0 Å². The fourth-order valence-corrected chi connectivity index (χ4v) is 21.7. The van der Waals surface area contributed by atoms with Crippen LogP contribution in [0.4, 0.5) is 0 Å². The maximum atomic E-state index is 5.65. The van der Waals surface area contributed by atoms with Gasteiger partial charge in [0, 0.05) is 41.7 Å². The van der Waals surface area contributed by atoms with E-state index in [1.54, 1.807) is 0 Å². The van der Waals surface area contributed by atoms with E-state index in [1.165, 1.54) is 175 Å². The molecular formula is C128H111N3O2S. The Kier molecular flexibility index (Phi) is 26.6. The van der Waals surface area contributed by atoms with E-state index < -0.39 is 0 Å². The molecule has 3 spiro atoms. The minimum Gasteiger partial charge on any atom is -0.456 e. The van der Waals surface area contributed by atoms with Crippen LogP contribution in [-0.4, -0.2) is 78.1 Å². The van der Waals surface area contributed by atoms with Gasteiger partial charge in [-0.05, 0) is 233 Å². The number of para-hydroxylation sites is 4. The molecule has 0 N–H and O–H groups in total. The first-order valence-electron chi connectivity index (χ1n) is 46.4. The number of hydrogen-bond donors (Lipinski definition) is 0.